The molecule has 0 aliphatic carbocycles. The SMILES string of the molecule is Cc1cc(C)cc(CN2CCC3(CC2)CNS(=O)(=O)c2cnc(N4CCCC4)nc23)c1.O=C(O)C(F)(F)F. The molecule has 1 spiro atoms. The second kappa shape index (κ2) is 10.8. The first-order valence-electron chi connectivity index (χ1n) is 12.5. The molecular weight excluding hydrogens is 523 g/mol. The van der Waals surface area contributed by atoms with E-state index in [1.54, 1.807) is 0 Å². The van der Waals surface area contributed by atoms with Gasteiger partial charge in [-0.25, -0.2) is 27.9 Å². The van der Waals surface area contributed by atoms with E-state index in [4.69, 9.17) is 14.9 Å². The number of likely N-dealkylation sites (tertiary alicyclic amines) is 1. The molecule has 2 aromatic rings. The van der Waals surface area contributed by atoms with Crippen LogP contribution in [0.25, 0.3) is 0 Å². The third-order valence-corrected chi connectivity index (χ3v) is 8.67. The van der Waals surface area contributed by atoms with Gasteiger partial charge >= 0.3 is 12.1 Å². The van der Waals surface area contributed by atoms with E-state index in [1.165, 1.54) is 22.9 Å². The van der Waals surface area contributed by atoms with Gasteiger partial charge in [-0.3, -0.25) is 4.90 Å². The molecule has 1 aromatic carbocycles. The zero-order valence-electron chi connectivity index (χ0n) is 21.4. The number of carbonyl (C=O) groups is 1. The second-order valence-electron chi connectivity index (χ2n) is 10.3. The van der Waals surface area contributed by atoms with Crippen LogP contribution in [0.1, 0.15) is 48.1 Å². The summed E-state index contributed by atoms with van der Waals surface area (Å²) in [5, 5.41) is 7.12. The number of sulfonamides is 1. The van der Waals surface area contributed by atoms with E-state index < -0.39 is 22.2 Å². The number of piperidine rings is 1. The molecule has 2 fully saturated rings. The maximum Gasteiger partial charge on any atom is 0.490 e. The summed E-state index contributed by atoms with van der Waals surface area (Å²) in [6, 6.07) is 6.73. The number of halogens is 3. The van der Waals surface area contributed by atoms with Crippen LogP contribution in [0.2, 0.25) is 0 Å². The monoisotopic (exact) mass is 555 g/mol. The quantitative estimate of drug-likeness (QED) is 0.594. The van der Waals surface area contributed by atoms with Crippen LogP contribution in [-0.2, 0) is 26.8 Å². The summed E-state index contributed by atoms with van der Waals surface area (Å²) in [5.41, 5.74) is 4.42. The second-order valence-corrected chi connectivity index (χ2v) is 12.0. The van der Waals surface area contributed by atoms with Gasteiger partial charge in [-0.2, -0.15) is 13.2 Å². The lowest BCUT2D eigenvalue weighted by Gasteiger charge is -2.44. The number of aryl methyl sites for hydroxylation is 2. The van der Waals surface area contributed by atoms with Crippen LogP contribution in [0.4, 0.5) is 19.1 Å². The molecule has 0 saturated carbocycles. The molecule has 0 bridgehead atoms. The number of fused-ring (bicyclic) bond motifs is 2. The summed E-state index contributed by atoms with van der Waals surface area (Å²) < 4.78 is 59.9. The Hall–Kier alpha value is -2.77. The van der Waals surface area contributed by atoms with Crippen LogP contribution >= 0.6 is 0 Å². The van der Waals surface area contributed by atoms with Crippen LogP contribution in [0.3, 0.4) is 0 Å². The first-order valence-corrected chi connectivity index (χ1v) is 14.0. The van der Waals surface area contributed by atoms with Crippen molar-refractivity contribution in [3.8, 4) is 0 Å². The average Bonchev–Trinajstić information content (AvgIpc) is 3.37. The third-order valence-electron chi connectivity index (χ3n) is 7.27. The summed E-state index contributed by atoms with van der Waals surface area (Å²) in [6.07, 6.45) is 0.506. The number of rotatable bonds is 3. The Kier molecular flexibility index (Phi) is 8.01. The van der Waals surface area contributed by atoms with Crippen molar-refractivity contribution in [2.24, 2.45) is 0 Å². The van der Waals surface area contributed by atoms with Crippen molar-refractivity contribution in [3.63, 3.8) is 0 Å². The highest BCUT2D eigenvalue weighted by Crippen LogP contribution is 2.41. The van der Waals surface area contributed by atoms with Crippen molar-refractivity contribution in [3.05, 3.63) is 46.8 Å². The molecule has 9 nitrogen and oxygen atoms in total. The van der Waals surface area contributed by atoms with E-state index in [9.17, 15) is 21.6 Å². The normalized spacial score (nSPS) is 20.5. The van der Waals surface area contributed by atoms with Crippen LogP contribution < -0.4 is 9.62 Å². The number of carboxylic acids is 1. The molecule has 0 amide bonds. The predicted octanol–water partition coefficient (Wildman–Crippen LogP) is 3.15. The van der Waals surface area contributed by atoms with E-state index >= 15 is 0 Å². The number of carboxylic acid groups (broad SMARTS) is 1. The molecule has 3 aliphatic rings. The highest BCUT2D eigenvalue weighted by molar-refractivity contribution is 7.89. The topological polar surface area (TPSA) is 116 Å². The van der Waals surface area contributed by atoms with Crippen molar-refractivity contribution in [1.29, 1.82) is 0 Å². The fraction of sp³-hybridized carbons (Fsp3) is 0.560. The molecule has 4 heterocycles. The van der Waals surface area contributed by atoms with E-state index in [-0.39, 0.29) is 10.3 Å². The molecule has 208 valence electrons. The lowest BCUT2D eigenvalue weighted by atomic mass is 9.75. The lowest BCUT2D eigenvalue weighted by molar-refractivity contribution is -0.192. The molecule has 3 aliphatic heterocycles. The molecule has 0 atom stereocenters. The van der Waals surface area contributed by atoms with Gasteiger partial charge in [-0.1, -0.05) is 29.3 Å². The van der Waals surface area contributed by atoms with Crippen LogP contribution in [0.5, 0.6) is 0 Å². The summed E-state index contributed by atoms with van der Waals surface area (Å²) in [7, 11) is -3.54. The molecule has 2 saturated heterocycles. The first kappa shape index (κ1) is 28.2. The summed E-state index contributed by atoms with van der Waals surface area (Å²) in [4.78, 5) is 23.1. The van der Waals surface area contributed by atoms with Crippen molar-refractivity contribution in [1.82, 2.24) is 19.6 Å². The first-order chi connectivity index (χ1) is 17.8. The third kappa shape index (κ3) is 6.26. The van der Waals surface area contributed by atoms with Crippen LogP contribution in [0, 0.1) is 13.8 Å². The Morgan fingerprint density at radius 3 is 2.21 bits per heavy atom. The number of hydrogen-bond acceptors (Lipinski definition) is 7. The zero-order valence-corrected chi connectivity index (χ0v) is 22.2. The molecule has 13 heteroatoms. The summed E-state index contributed by atoms with van der Waals surface area (Å²) in [5.74, 6) is -2.07. The fourth-order valence-electron chi connectivity index (χ4n) is 5.37. The van der Waals surface area contributed by atoms with Crippen molar-refractivity contribution in [2.75, 3.05) is 37.6 Å². The van der Waals surface area contributed by atoms with E-state index in [2.05, 4.69) is 51.6 Å². The van der Waals surface area contributed by atoms with Gasteiger partial charge in [0.1, 0.15) is 4.90 Å². The van der Waals surface area contributed by atoms with Gasteiger partial charge in [0.15, 0.2) is 0 Å². The molecule has 2 N–H and O–H groups in total. The summed E-state index contributed by atoms with van der Waals surface area (Å²) >= 11 is 0. The van der Waals surface area contributed by atoms with Crippen molar-refractivity contribution < 1.29 is 31.5 Å². The molecule has 38 heavy (non-hydrogen) atoms. The standard InChI is InChI=1S/C23H31N5O2S.C2HF3O2/c1-17-11-18(2)13-19(12-17)15-27-9-5-23(6-10-27)16-25-31(29,30)20-14-24-22(26-21(20)23)28-7-3-4-8-28;3-2(4,5)1(6)7/h11-14,25H,3-10,15-16H2,1-2H3;(H,6,7). The molecule has 5 rings (SSSR count). The minimum atomic E-state index is -5.08. The van der Waals surface area contributed by atoms with Crippen molar-refractivity contribution >= 4 is 21.9 Å². The molecule has 0 radical (unpaired) electrons. The maximum absolute atomic E-state index is 12.7. The van der Waals surface area contributed by atoms with E-state index in [0.717, 1.165) is 64.1 Å². The number of nitrogens with one attached hydrogen (secondary N) is 1. The van der Waals surface area contributed by atoms with Crippen LogP contribution in [0.15, 0.2) is 29.3 Å². The number of hydrogen-bond donors (Lipinski definition) is 2. The number of nitrogens with zero attached hydrogens (tertiary/aromatic N) is 4. The van der Waals surface area contributed by atoms with Gasteiger partial charge in [0.25, 0.3) is 0 Å². The minimum Gasteiger partial charge on any atom is -0.475 e. The fourth-order valence-corrected chi connectivity index (χ4v) is 6.70. The van der Waals surface area contributed by atoms with Gasteiger partial charge in [0, 0.05) is 31.6 Å². The van der Waals surface area contributed by atoms with Crippen LogP contribution in [-0.4, -0.2) is 73.3 Å². The average molecular weight is 556 g/mol. The number of alkyl halides is 3. The van der Waals surface area contributed by atoms with Gasteiger partial charge in [-0.15, -0.1) is 0 Å². The Bertz CT molecular complexity index is 1270. The van der Waals surface area contributed by atoms with E-state index in [1.807, 2.05) is 0 Å². The Balaban J connectivity index is 0.000000426. The molecule has 0 unspecified atom stereocenters. The van der Waals surface area contributed by atoms with Gasteiger partial charge in [-0.05, 0) is 58.2 Å². The smallest absolute Gasteiger partial charge is 0.475 e. The maximum atomic E-state index is 12.7. The van der Waals surface area contributed by atoms with Gasteiger partial charge < -0.3 is 10.0 Å². The molecular formula is C25H32F3N5O4S. The number of benzene rings is 1. The highest BCUT2D eigenvalue weighted by atomic mass is 32.2. The predicted molar refractivity (Wildman–Crippen MR) is 134 cm³/mol. The minimum absolute atomic E-state index is 0.253. The highest BCUT2D eigenvalue weighted by Gasteiger charge is 2.46. The Morgan fingerprint density at radius 1 is 1.08 bits per heavy atom. The van der Waals surface area contributed by atoms with Crippen molar-refractivity contribution in [2.45, 2.75) is 62.6 Å². The van der Waals surface area contributed by atoms with Gasteiger partial charge in [0.05, 0.1) is 11.9 Å². The molecule has 1 aromatic heterocycles. The summed E-state index contributed by atoms with van der Waals surface area (Å²) in [6.45, 7) is 9.39. The number of aliphatic carboxylic acids is 1. The zero-order chi connectivity index (χ0) is 27.7. The largest absolute Gasteiger partial charge is 0.490 e. The Morgan fingerprint density at radius 2 is 1.66 bits per heavy atom. The van der Waals surface area contributed by atoms with E-state index in [0.29, 0.717) is 12.5 Å². The Labute approximate surface area is 220 Å². The number of aromatic nitrogens is 2. The number of anilines is 1. The lowest BCUT2D eigenvalue weighted by Crippen LogP contribution is -2.53. The van der Waals surface area contributed by atoms with Gasteiger partial charge in [0.2, 0.25) is 16.0 Å².